The number of benzene rings is 1. The van der Waals surface area contributed by atoms with Crippen molar-refractivity contribution in [2.24, 2.45) is 10.9 Å². The van der Waals surface area contributed by atoms with Gasteiger partial charge in [-0.25, -0.2) is 8.42 Å². The van der Waals surface area contributed by atoms with Gasteiger partial charge in [0.15, 0.2) is 0 Å². The van der Waals surface area contributed by atoms with Crippen molar-refractivity contribution in [1.82, 2.24) is 14.2 Å². The van der Waals surface area contributed by atoms with Gasteiger partial charge in [-0.05, 0) is 55.5 Å². The normalized spacial score (nSPS) is 22.4. The average molecular weight is 515 g/mol. The highest BCUT2D eigenvalue weighted by molar-refractivity contribution is 7.92. The first-order valence-corrected chi connectivity index (χ1v) is 14.3. The molecular formula is C26H34N4O5S. The number of piperidine rings is 1. The number of aliphatic hydroxyl groups is 2. The number of carbonyl (C=O) groups excluding carboxylic acids is 1. The molecule has 1 spiro atoms. The van der Waals surface area contributed by atoms with Gasteiger partial charge in [-0.15, -0.1) is 0 Å². The second-order valence-electron chi connectivity index (χ2n) is 10.2. The monoisotopic (exact) mass is 514 g/mol. The summed E-state index contributed by atoms with van der Waals surface area (Å²) in [6.07, 6.45) is 9.03. The first kappa shape index (κ1) is 25.1. The van der Waals surface area contributed by atoms with Crippen LogP contribution in [0.5, 0.6) is 0 Å². The zero-order valence-electron chi connectivity index (χ0n) is 20.3. The highest BCUT2D eigenvalue weighted by atomic mass is 32.2. The van der Waals surface area contributed by atoms with Crippen molar-refractivity contribution >= 4 is 38.7 Å². The summed E-state index contributed by atoms with van der Waals surface area (Å²) in [6.45, 7) is 0.492. The van der Waals surface area contributed by atoms with Crippen LogP contribution in [0.3, 0.4) is 0 Å². The van der Waals surface area contributed by atoms with E-state index >= 15 is 0 Å². The maximum atomic E-state index is 13.0. The van der Waals surface area contributed by atoms with Gasteiger partial charge in [-0.3, -0.25) is 9.79 Å². The molecule has 1 aromatic carbocycles. The smallest absolute Gasteiger partial charge is 0.253 e. The molecule has 2 aromatic rings. The summed E-state index contributed by atoms with van der Waals surface area (Å²) in [5.41, 5.74) is 0.813. The molecule has 2 aliphatic heterocycles. The van der Waals surface area contributed by atoms with E-state index in [1.807, 2.05) is 35.0 Å². The van der Waals surface area contributed by atoms with Gasteiger partial charge in [0, 0.05) is 41.5 Å². The zero-order valence-corrected chi connectivity index (χ0v) is 21.2. The van der Waals surface area contributed by atoms with Gasteiger partial charge in [0.1, 0.15) is 11.4 Å². The van der Waals surface area contributed by atoms with Crippen LogP contribution in [-0.4, -0.2) is 70.6 Å². The van der Waals surface area contributed by atoms with E-state index in [9.17, 15) is 18.3 Å². The van der Waals surface area contributed by atoms with E-state index in [0.29, 0.717) is 18.8 Å². The number of amidine groups is 1. The Morgan fingerprint density at radius 2 is 1.92 bits per heavy atom. The molecule has 36 heavy (non-hydrogen) atoms. The molecule has 1 aliphatic carbocycles. The minimum absolute atomic E-state index is 0.0811. The van der Waals surface area contributed by atoms with Crippen LogP contribution in [0.2, 0.25) is 0 Å². The van der Waals surface area contributed by atoms with Crippen LogP contribution in [0.4, 0.5) is 0 Å². The lowest BCUT2D eigenvalue weighted by atomic mass is 9.88. The molecule has 3 aliphatic rings. The fourth-order valence-electron chi connectivity index (χ4n) is 5.58. The Balaban J connectivity index is 1.24. The Morgan fingerprint density at radius 3 is 2.64 bits per heavy atom. The Hall–Kier alpha value is -2.53. The fraction of sp³-hybridized carbons (Fsp3) is 0.538. The topological polar surface area (TPSA) is 124 Å². The third-order valence-corrected chi connectivity index (χ3v) is 9.31. The van der Waals surface area contributed by atoms with Crippen LogP contribution in [-0.2, 0) is 21.4 Å². The quantitative estimate of drug-likeness (QED) is 0.523. The number of aromatic nitrogens is 1. The standard InChI is InChI=1S/C26H34N4O5S/c31-18-22(32)17-29-12-8-21-16-19(6-7-23(21)29)9-15-36(34,35)30-13-10-26(11-14-30)25(33)27-24(28-26)20-4-2-1-3-5-20/h6-9,12,15-16,20,22,31-32H,1-5,10-11,13-14,17-18H2,(H,27,28,33)/b15-9+/t22-/m0/s1. The molecule has 10 heteroatoms. The molecule has 1 atom stereocenters. The van der Waals surface area contributed by atoms with Crippen molar-refractivity contribution in [1.29, 1.82) is 0 Å². The molecule has 3 heterocycles. The lowest BCUT2D eigenvalue weighted by Crippen LogP contribution is -2.50. The molecule has 1 saturated heterocycles. The van der Waals surface area contributed by atoms with Gasteiger partial charge in [0.05, 0.1) is 19.3 Å². The lowest BCUT2D eigenvalue weighted by molar-refractivity contribution is -0.125. The Labute approximate surface area is 211 Å². The van der Waals surface area contributed by atoms with Crippen molar-refractivity contribution < 1.29 is 23.4 Å². The van der Waals surface area contributed by atoms with Gasteiger partial charge >= 0.3 is 0 Å². The second-order valence-corrected chi connectivity index (χ2v) is 12.0. The van der Waals surface area contributed by atoms with Crippen LogP contribution < -0.4 is 5.32 Å². The van der Waals surface area contributed by atoms with E-state index in [1.54, 1.807) is 6.08 Å². The third-order valence-electron chi connectivity index (χ3n) is 7.75. The summed E-state index contributed by atoms with van der Waals surface area (Å²) >= 11 is 0. The minimum atomic E-state index is -3.64. The van der Waals surface area contributed by atoms with Crippen LogP contribution >= 0.6 is 0 Å². The number of aliphatic imine (C=N–C) groups is 1. The number of aliphatic hydroxyl groups excluding tert-OH is 2. The molecule has 3 N–H and O–H groups in total. The van der Waals surface area contributed by atoms with E-state index in [-0.39, 0.29) is 32.1 Å². The van der Waals surface area contributed by atoms with Crippen LogP contribution in [0, 0.1) is 5.92 Å². The molecule has 2 fully saturated rings. The summed E-state index contributed by atoms with van der Waals surface area (Å²) < 4.78 is 29.3. The number of nitrogens with zero attached hydrogens (tertiary/aromatic N) is 3. The third kappa shape index (κ3) is 5.00. The average Bonchev–Trinajstić information content (AvgIpc) is 3.43. The van der Waals surface area contributed by atoms with Gasteiger partial charge in [0.2, 0.25) is 10.0 Å². The van der Waals surface area contributed by atoms with E-state index in [0.717, 1.165) is 48.0 Å². The molecule has 0 bridgehead atoms. The maximum absolute atomic E-state index is 13.0. The molecule has 1 saturated carbocycles. The first-order valence-electron chi connectivity index (χ1n) is 12.8. The maximum Gasteiger partial charge on any atom is 0.253 e. The van der Waals surface area contributed by atoms with E-state index < -0.39 is 21.7 Å². The summed E-state index contributed by atoms with van der Waals surface area (Å²) in [6, 6.07) is 7.48. The van der Waals surface area contributed by atoms with Gasteiger partial charge in [-0.1, -0.05) is 25.3 Å². The molecule has 1 aromatic heterocycles. The van der Waals surface area contributed by atoms with Gasteiger partial charge in [-0.2, -0.15) is 4.31 Å². The van der Waals surface area contributed by atoms with Crippen LogP contribution in [0.1, 0.15) is 50.5 Å². The summed E-state index contributed by atoms with van der Waals surface area (Å²) in [5, 5.41) is 24.0. The van der Waals surface area contributed by atoms with E-state index in [2.05, 4.69) is 5.32 Å². The first-order chi connectivity index (χ1) is 17.3. The molecule has 194 valence electrons. The van der Waals surface area contributed by atoms with Crippen LogP contribution in [0.15, 0.2) is 40.9 Å². The summed E-state index contributed by atoms with van der Waals surface area (Å²) in [7, 11) is -3.64. The molecule has 0 radical (unpaired) electrons. The van der Waals surface area contributed by atoms with Crippen molar-refractivity contribution in [3.63, 3.8) is 0 Å². The number of amides is 1. The Bertz CT molecular complexity index is 1280. The highest BCUT2D eigenvalue weighted by Crippen LogP contribution is 2.35. The summed E-state index contributed by atoms with van der Waals surface area (Å²) in [5.74, 6) is 1.05. The number of hydrogen-bond donors (Lipinski definition) is 3. The van der Waals surface area contributed by atoms with E-state index in [4.69, 9.17) is 10.1 Å². The zero-order chi connectivity index (χ0) is 25.3. The SMILES string of the molecule is O=C1NC(C2CCCCC2)=NC12CCN(S(=O)(=O)/C=C/c1ccc3c(ccn3C[C@H](O)CO)c1)CC2. The molecule has 5 rings (SSSR count). The number of rotatable bonds is 7. The number of carbonyl (C=O) groups is 1. The Kier molecular flexibility index (Phi) is 7.04. The van der Waals surface area contributed by atoms with Crippen LogP contribution in [0.25, 0.3) is 17.0 Å². The lowest BCUT2D eigenvalue weighted by Gasteiger charge is -2.34. The molecule has 0 unspecified atom stereocenters. The number of fused-ring (bicyclic) bond motifs is 1. The van der Waals surface area contributed by atoms with Gasteiger partial charge < -0.3 is 20.1 Å². The van der Waals surface area contributed by atoms with Gasteiger partial charge in [0.25, 0.3) is 5.91 Å². The largest absolute Gasteiger partial charge is 0.394 e. The van der Waals surface area contributed by atoms with Crippen molar-refractivity contribution in [2.45, 2.75) is 63.1 Å². The predicted octanol–water partition coefficient (Wildman–Crippen LogP) is 2.24. The molecule has 9 nitrogen and oxygen atoms in total. The van der Waals surface area contributed by atoms with Crippen molar-refractivity contribution in [3.8, 4) is 0 Å². The minimum Gasteiger partial charge on any atom is -0.394 e. The molecule has 1 amide bonds. The Morgan fingerprint density at radius 1 is 1.17 bits per heavy atom. The van der Waals surface area contributed by atoms with Crippen molar-refractivity contribution in [3.05, 3.63) is 41.4 Å². The summed E-state index contributed by atoms with van der Waals surface area (Å²) in [4.78, 5) is 17.7. The van der Waals surface area contributed by atoms with E-state index in [1.165, 1.54) is 16.1 Å². The highest BCUT2D eigenvalue weighted by Gasteiger charge is 2.48. The predicted molar refractivity (Wildman–Crippen MR) is 139 cm³/mol. The van der Waals surface area contributed by atoms with Crippen molar-refractivity contribution in [2.75, 3.05) is 19.7 Å². The number of nitrogens with one attached hydrogen (secondary N) is 1. The number of sulfonamides is 1. The number of hydrogen-bond acceptors (Lipinski definition) is 6. The second kappa shape index (κ2) is 10.1. The molecular weight excluding hydrogens is 480 g/mol. The fourth-order valence-corrected chi connectivity index (χ4v) is 6.77.